The van der Waals surface area contributed by atoms with Crippen molar-refractivity contribution in [3.63, 3.8) is 0 Å². The van der Waals surface area contributed by atoms with Gasteiger partial charge in [-0.05, 0) is 11.5 Å². The number of primary amides is 1. The van der Waals surface area contributed by atoms with Crippen LogP contribution in [-0.2, 0) is 4.79 Å². The van der Waals surface area contributed by atoms with E-state index < -0.39 is 0 Å². The Hall–Kier alpha value is -2.63. The van der Waals surface area contributed by atoms with Crippen molar-refractivity contribution in [2.75, 3.05) is 13.1 Å². The fourth-order valence-electron chi connectivity index (χ4n) is 3.37. The summed E-state index contributed by atoms with van der Waals surface area (Å²) in [5.74, 6) is -0.730. The first-order chi connectivity index (χ1) is 11.5. The number of carbonyl (C=O) groups excluding carboxylic acids is 2. The van der Waals surface area contributed by atoms with Crippen LogP contribution in [0.5, 0.6) is 0 Å². The molecule has 0 saturated carbocycles. The minimum absolute atomic E-state index is 0.0675. The number of aromatic nitrogens is 2. The second kappa shape index (κ2) is 6.47. The Morgan fingerprint density at radius 3 is 2.58 bits per heavy atom. The molecule has 0 unspecified atom stereocenters. The Morgan fingerprint density at radius 2 is 1.96 bits per heavy atom. The van der Waals surface area contributed by atoms with Gasteiger partial charge in [-0.1, -0.05) is 44.2 Å². The zero-order valence-corrected chi connectivity index (χ0v) is 13.9. The Balaban J connectivity index is 1.87. The van der Waals surface area contributed by atoms with Crippen molar-refractivity contribution in [3.8, 4) is 0 Å². The lowest BCUT2D eigenvalue weighted by Gasteiger charge is -2.17. The van der Waals surface area contributed by atoms with Crippen LogP contribution in [0.2, 0.25) is 0 Å². The molecule has 1 fully saturated rings. The van der Waals surface area contributed by atoms with Gasteiger partial charge in [-0.3, -0.25) is 14.7 Å². The third-order valence-electron chi connectivity index (χ3n) is 4.68. The predicted octanol–water partition coefficient (Wildman–Crippen LogP) is 1.87. The smallest absolute Gasteiger partial charge is 0.257 e. The molecule has 1 aromatic carbocycles. The number of nitrogens with two attached hydrogens (primary N) is 1. The summed E-state index contributed by atoms with van der Waals surface area (Å²) in [5.41, 5.74) is 8.01. The molecule has 2 heterocycles. The molecule has 1 aliphatic rings. The van der Waals surface area contributed by atoms with Crippen LogP contribution >= 0.6 is 0 Å². The van der Waals surface area contributed by atoms with Crippen molar-refractivity contribution >= 4 is 11.8 Å². The molecular weight excluding hydrogens is 304 g/mol. The van der Waals surface area contributed by atoms with Crippen LogP contribution in [0.15, 0.2) is 36.5 Å². The summed E-state index contributed by atoms with van der Waals surface area (Å²) in [6, 6.07) is 9.76. The van der Waals surface area contributed by atoms with E-state index in [1.54, 1.807) is 11.1 Å². The molecule has 3 N–H and O–H groups in total. The van der Waals surface area contributed by atoms with Crippen LogP contribution in [0.4, 0.5) is 0 Å². The van der Waals surface area contributed by atoms with Gasteiger partial charge >= 0.3 is 0 Å². The molecule has 2 atom stereocenters. The van der Waals surface area contributed by atoms with E-state index in [1.165, 1.54) is 0 Å². The molecule has 6 nitrogen and oxygen atoms in total. The quantitative estimate of drug-likeness (QED) is 0.898. The van der Waals surface area contributed by atoms with Crippen LogP contribution < -0.4 is 5.73 Å². The highest BCUT2D eigenvalue weighted by Crippen LogP contribution is 2.33. The first-order valence-corrected chi connectivity index (χ1v) is 8.15. The van der Waals surface area contributed by atoms with Crippen molar-refractivity contribution in [2.24, 2.45) is 11.7 Å². The maximum atomic E-state index is 12.9. The number of rotatable bonds is 4. The minimum atomic E-state index is -0.370. The third kappa shape index (κ3) is 2.91. The number of nitrogens with one attached hydrogen (secondary N) is 1. The molecule has 2 amide bonds. The summed E-state index contributed by atoms with van der Waals surface area (Å²) in [4.78, 5) is 26.5. The standard InChI is InChI=1S/C18H22N4O2/c1-11(2)16-13(8-20-21-16)18(24)22-9-14(15(10-22)17(19)23)12-6-4-3-5-7-12/h3-8,11,14-15H,9-10H2,1-2H3,(H2,19,23)(H,20,21)/t14-,15+/m1/s1. The van der Waals surface area contributed by atoms with Crippen LogP contribution in [0, 0.1) is 5.92 Å². The molecule has 1 aliphatic heterocycles. The minimum Gasteiger partial charge on any atom is -0.369 e. The number of nitrogens with zero attached hydrogens (tertiary/aromatic N) is 2. The summed E-state index contributed by atoms with van der Waals surface area (Å²) >= 11 is 0. The van der Waals surface area contributed by atoms with Gasteiger partial charge in [0.25, 0.3) is 5.91 Å². The van der Waals surface area contributed by atoms with E-state index in [4.69, 9.17) is 5.73 Å². The summed E-state index contributed by atoms with van der Waals surface area (Å²) in [7, 11) is 0. The average Bonchev–Trinajstić information content (AvgIpc) is 3.22. The molecule has 1 saturated heterocycles. The fraction of sp³-hybridized carbons (Fsp3) is 0.389. The van der Waals surface area contributed by atoms with Crippen LogP contribution in [0.3, 0.4) is 0 Å². The van der Waals surface area contributed by atoms with Crippen molar-refractivity contribution in [1.82, 2.24) is 15.1 Å². The number of H-pyrrole nitrogens is 1. The van der Waals surface area contributed by atoms with E-state index in [0.29, 0.717) is 18.7 Å². The molecule has 126 valence electrons. The molecule has 0 spiro atoms. The van der Waals surface area contributed by atoms with Gasteiger partial charge in [0, 0.05) is 19.0 Å². The number of carbonyl (C=O) groups is 2. The molecule has 1 aromatic heterocycles. The number of aromatic amines is 1. The van der Waals surface area contributed by atoms with Crippen LogP contribution in [-0.4, -0.2) is 40.0 Å². The number of amides is 2. The number of hydrogen-bond acceptors (Lipinski definition) is 3. The first kappa shape index (κ1) is 16.2. The molecule has 6 heteroatoms. The van der Waals surface area contributed by atoms with Gasteiger partial charge in [0.2, 0.25) is 5.91 Å². The molecular formula is C18H22N4O2. The Bertz CT molecular complexity index is 738. The topological polar surface area (TPSA) is 92.1 Å². The van der Waals surface area contributed by atoms with Crippen molar-refractivity contribution in [2.45, 2.75) is 25.7 Å². The summed E-state index contributed by atoms with van der Waals surface area (Å²) in [5, 5.41) is 6.90. The molecule has 3 rings (SSSR count). The lowest BCUT2D eigenvalue weighted by molar-refractivity contribution is -0.121. The highest BCUT2D eigenvalue weighted by Gasteiger charge is 2.40. The van der Waals surface area contributed by atoms with Gasteiger partial charge in [-0.2, -0.15) is 5.10 Å². The highest BCUT2D eigenvalue weighted by atomic mass is 16.2. The summed E-state index contributed by atoms with van der Waals surface area (Å²) in [6.07, 6.45) is 1.56. The van der Waals surface area contributed by atoms with E-state index in [1.807, 2.05) is 44.2 Å². The van der Waals surface area contributed by atoms with Crippen molar-refractivity contribution in [1.29, 1.82) is 0 Å². The highest BCUT2D eigenvalue weighted by molar-refractivity contribution is 5.96. The van der Waals surface area contributed by atoms with Gasteiger partial charge in [0.05, 0.1) is 23.4 Å². The lowest BCUT2D eigenvalue weighted by atomic mass is 9.89. The average molecular weight is 326 g/mol. The number of likely N-dealkylation sites (tertiary alicyclic amines) is 1. The zero-order chi connectivity index (χ0) is 17.3. The normalized spacial score (nSPS) is 20.5. The largest absolute Gasteiger partial charge is 0.369 e. The van der Waals surface area contributed by atoms with Crippen molar-refractivity contribution in [3.05, 3.63) is 53.3 Å². The van der Waals surface area contributed by atoms with Crippen LogP contribution in [0.1, 0.15) is 47.3 Å². The Morgan fingerprint density at radius 1 is 1.25 bits per heavy atom. The Labute approximate surface area is 141 Å². The second-order valence-corrected chi connectivity index (χ2v) is 6.59. The molecule has 0 radical (unpaired) electrons. The molecule has 0 bridgehead atoms. The summed E-state index contributed by atoms with van der Waals surface area (Å²) < 4.78 is 0. The third-order valence-corrected chi connectivity index (χ3v) is 4.68. The molecule has 0 aliphatic carbocycles. The van der Waals surface area contributed by atoms with Crippen molar-refractivity contribution < 1.29 is 9.59 Å². The van der Waals surface area contributed by atoms with Gasteiger partial charge in [0.15, 0.2) is 0 Å². The predicted molar refractivity (Wildman–Crippen MR) is 90.4 cm³/mol. The molecule has 24 heavy (non-hydrogen) atoms. The van der Waals surface area contributed by atoms with E-state index >= 15 is 0 Å². The number of benzene rings is 1. The second-order valence-electron chi connectivity index (χ2n) is 6.59. The first-order valence-electron chi connectivity index (χ1n) is 8.15. The maximum Gasteiger partial charge on any atom is 0.257 e. The van der Waals surface area contributed by atoms with Gasteiger partial charge in [-0.25, -0.2) is 0 Å². The van der Waals surface area contributed by atoms with E-state index in [0.717, 1.165) is 11.3 Å². The van der Waals surface area contributed by atoms with E-state index in [9.17, 15) is 9.59 Å². The fourth-order valence-corrected chi connectivity index (χ4v) is 3.37. The SMILES string of the molecule is CC(C)c1[nH]ncc1C(=O)N1C[C@H](C(N)=O)[C@@H](c2ccccc2)C1. The van der Waals surface area contributed by atoms with Gasteiger partial charge < -0.3 is 10.6 Å². The monoisotopic (exact) mass is 326 g/mol. The summed E-state index contributed by atoms with van der Waals surface area (Å²) in [6.45, 7) is 4.84. The zero-order valence-electron chi connectivity index (χ0n) is 13.9. The van der Waals surface area contributed by atoms with Gasteiger partial charge in [-0.15, -0.1) is 0 Å². The Kier molecular flexibility index (Phi) is 4.38. The van der Waals surface area contributed by atoms with Crippen LogP contribution in [0.25, 0.3) is 0 Å². The van der Waals surface area contributed by atoms with E-state index in [2.05, 4.69) is 10.2 Å². The lowest BCUT2D eigenvalue weighted by Crippen LogP contribution is -2.32. The molecule has 2 aromatic rings. The maximum absolute atomic E-state index is 12.9. The van der Waals surface area contributed by atoms with Gasteiger partial charge in [0.1, 0.15) is 0 Å². The van der Waals surface area contributed by atoms with E-state index in [-0.39, 0.29) is 29.6 Å². The number of hydrogen-bond donors (Lipinski definition) is 2.